The molecular formula is C41H33ClNO5+. The van der Waals surface area contributed by atoms with Crippen molar-refractivity contribution in [1.82, 2.24) is 0 Å². The van der Waals surface area contributed by atoms with Crippen LogP contribution in [0, 0.1) is 10.2 Å². The molecule has 4 N–H and O–H groups in total. The first-order valence-electron chi connectivity index (χ1n) is 15.2. The second-order valence-corrected chi connectivity index (χ2v) is 11.9. The summed E-state index contributed by atoms with van der Waals surface area (Å²) >= 11 is 0. The van der Waals surface area contributed by atoms with Crippen molar-refractivity contribution in [2.75, 3.05) is 0 Å². The number of halogens is 1. The van der Waals surface area contributed by atoms with Gasteiger partial charge in [0.25, 0.3) is 0 Å². The third kappa shape index (κ3) is 7.67. The van der Waals surface area contributed by atoms with E-state index in [2.05, 4.69) is 120 Å². The van der Waals surface area contributed by atoms with Gasteiger partial charge in [-0.2, -0.15) is 4.57 Å². The quantitative estimate of drug-likeness (QED) is 0.143. The number of phenols is 1. The molecule has 0 radical (unpaired) electrons. The molecule has 7 rings (SSSR count). The summed E-state index contributed by atoms with van der Waals surface area (Å²) in [5, 5.41) is 11.7. The number of aromatic hydroxyl groups is 1. The van der Waals surface area contributed by atoms with Gasteiger partial charge in [0.2, 0.25) is 17.1 Å². The fraction of sp³-hybridized carbons (Fsp3) is 0. The molecule has 0 unspecified atom stereocenters. The van der Waals surface area contributed by atoms with E-state index in [-0.39, 0.29) is 5.75 Å². The molecule has 0 spiro atoms. The molecule has 7 heteroatoms. The minimum atomic E-state index is -4.19. The Hall–Kier alpha value is -5.60. The fourth-order valence-electron chi connectivity index (χ4n) is 5.74. The van der Waals surface area contributed by atoms with Gasteiger partial charge in [-0.1, -0.05) is 127 Å². The monoisotopic (exact) mass is 654 g/mol. The predicted octanol–water partition coefficient (Wildman–Crippen LogP) is 7.14. The van der Waals surface area contributed by atoms with Gasteiger partial charge in [0.1, 0.15) is 5.75 Å². The Morgan fingerprint density at radius 1 is 0.396 bits per heavy atom. The number of hydrogen-bond donors (Lipinski definition) is 4. The van der Waals surface area contributed by atoms with Crippen molar-refractivity contribution >= 4 is 0 Å². The van der Waals surface area contributed by atoms with E-state index < -0.39 is 10.2 Å². The zero-order chi connectivity index (χ0) is 33.5. The minimum absolute atomic E-state index is 0.269. The van der Waals surface area contributed by atoms with Crippen LogP contribution in [0.3, 0.4) is 0 Å². The molecule has 0 saturated carbocycles. The first kappa shape index (κ1) is 32.3. The van der Waals surface area contributed by atoms with E-state index in [9.17, 15) is 5.11 Å². The molecule has 0 fully saturated rings. The summed E-state index contributed by atoms with van der Waals surface area (Å²) in [6.45, 7) is 0. The summed E-state index contributed by atoms with van der Waals surface area (Å²) in [5.41, 5.74) is 11.1. The molecule has 0 aliphatic rings. The van der Waals surface area contributed by atoms with E-state index in [0.717, 1.165) is 61.6 Å². The Kier molecular flexibility index (Phi) is 9.73. The van der Waals surface area contributed by atoms with Crippen LogP contribution in [0.25, 0.3) is 61.6 Å². The second kappa shape index (κ2) is 14.4. The molecule has 1 heterocycles. The number of nitrogens with zero attached hydrogens (tertiary/aromatic N) is 1. The first-order valence-corrected chi connectivity index (χ1v) is 16.5. The molecule has 6 aromatic carbocycles. The number of aromatic nitrogens is 1. The van der Waals surface area contributed by atoms with Crippen LogP contribution in [-0.4, -0.2) is 19.1 Å². The van der Waals surface area contributed by atoms with Crippen molar-refractivity contribution in [1.29, 1.82) is 0 Å². The summed E-state index contributed by atoms with van der Waals surface area (Å²) in [5.74, 6) is 0.269. The standard InChI is InChI=1S/C41H29NO.ClH3O4/c43-41-37(31-18-8-2-9-19-31)28-36(29-38(41)32-20-10-3-11-21-32)42-39(33-22-12-4-13-23-33)26-35(30-16-6-1-7-17-30)27-40(42)34-24-14-5-15-25-34;2-1(3,4)5/h1-29H;2-4H/p+1. The number of benzene rings is 6. The zero-order valence-electron chi connectivity index (χ0n) is 25.8. The van der Waals surface area contributed by atoms with E-state index in [1.807, 2.05) is 60.7 Å². The van der Waals surface area contributed by atoms with Crippen LogP contribution in [0.15, 0.2) is 176 Å². The van der Waals surface area contributed by atoms with Gasteiger partial charge in [-0.3, -0.25) is 0 Å². The van der Waals surface area contributed by atoms with Crippen LogP contribution in [0.4, 0.5) is 0 Å². The molecule has 0 amide bonds. The summed E-state index contributed by atoms with van der Waals surface area (Å²) in [4.78, 5) is 0. The topological polar surface area (TPSA) is 108 Å². The molecular weight excluding hydrogens is 622 g/mol. The van der Waals surface area contributed by atoms with Gasteiger partial charge < -0.3 is 5.11 Å². The third-order valence-corrected chi connectivity index (χ3v) is 7.83. The van der Waals surface area contributed by atoms with Gasteiger partial charge >= 0.3 is 28.9 Å². The Bertz CT molecular complexity index is 1980. The summed E-state index contributed by atoms with van der Waals surface area (Å²) < 4.78 is 32.6. The van der Waals surface area contributed by atoms with Crippen molar-refractivity contribution in [2.45, 2.75) is 0 Å². The zero-order valence-corrected chi connectivity index (χ0v) is 26.5. The van der Waals surface area contributed by atoms with Crippen molar-refractivity contribution < 1.29 is 38.6 Å². The van der Waals surface area contributed by atoms with Crippen molar-refractivity contribution in [2.24, 2.45) is 0 Å². The first-order chi connectivity index (χ1) is 23.3. The van der Waals surface area contributed by atoms with Crippen LogP contribution in [0.2, 0.25) is 0 Å². The van der Waals surface area contributed by atoms with E-state index in [1.54, 1.807) is 0 Å². The maximum absolute atomic E-state index is 11.7. The Balaban J connectivity index is 0.000000749. The number of rotatable bonds is 6. The van der Waals surface area contributed by atoms with Gasteiger partial charge in [-0.25, -0.2) is 0 Å². The summed E-state index contributed by atoms with van der Waals surface area (Å²) in [7, 11) is -4.19. The fourth-order valence-corrected chi connectivity index (χ4v) is 5.74. The van der Waals surface area contributed by atoms with Crippen molar-refractivity contribution in [3.63, 3.8) is 0 Å². The van der Waals surface area contributed by atoms with Gasteiger partial charge in [-0.05, 0) is 46.5 Å². The Morgan fingerprint density at radius 3 is 1.02 bits per heavy atom. The Labute approximate surface area is 281 Å². The molecule has 0 bridgehead atoms. The summed E-state index contributed by atoms with van der Waals surface area (Å²) in [6.07, 6.45) is 0. The molecule has 0 saturated heterocycles. The van der Waals surface area contributed by atoms with Crippen LogP contribution >= 0.6 is 0 Å². The normalized spacial score (nSPS) is 11.3. The van der Waals surface area contributed by atoms with Crippen LogP contribution in [0.1, 0.15) is 0 Å². The SMILES string of the molecule is Oc1c(-c2ccccc2)cc(-[n+]2c(-c3ccccc3)cc(-c3ccccc3)cc2-c2ccccc2)cc1-c1ccccc1.[O-][Cl+](O)(O)O. The molecule has 6 nitrogen and oxygen atoms in total. The molecule has 0 aliphatic heterocycles. The third-order valence-electron chi connectivity index (χ3n) is 7.83. The van der Waals surface area contributed by atoms with Crippen molar-refractivity contribution in [3.8, 4) is 67.3 Å². The van der Waals surface area contributed by atoms with Crippen molar-refractivity contribution in [3.05, 3.63) is 176 Å². The van der Waals surface area contributed by atoms with Crippen LogP contribution < -0.4 is 9.23 Å². The second-order valence-electron chi connectivity index (χ2n) is 11.0. The average Bonchev–Trinajstić information content (AvgIpc) is 3.12. The predicted molar refractivity (Wildman–Crippen MR) is 183 cm³/mol. The van der Waals surface area contributed by atoms with E-state index in [0.29, 0.717) is 0 Å². The number of pyridine rings is 1. The molecule has 48 heavy (non-hydrogen) atoms. The molecule has 0 aliphatic carbocycles. The maximum atomic E-state index is 11.7. The summed E-state index contributed by atoms with van der Waals surface area (Å²) in [6, 6.07) is 60.6. The Morgan fingerprint density at radius 2 is 0.688 bits per heavy atom. The van der Waals surface area contributed by atoms with Gasteiger partial charge in [-0.15, -0.1) is 0 Å². The van der Waals surface area contributed by atoms with E-state index >= 15 is 0 Å². The van der Waals surface area contributed by atoms with Gasteiger partial charge in [0.15, 0.2) is 0 Å². The van der Waals surface area contributed by atoms with Crippen LogP contribution in [0.5, 0.6) is 5.75 Å². The molecule has 0 atom stereocenters. The average molecular weight is 655 g/mol. The van der Waals surface area contributed by atoms with Crippen LogP contribution in [-0.2, 0) is 0 Å². The number of hydrogen-bond acceptors (Lipinski definition) is 5. The molecule has 7 aromatic rings. The van der Waals surface area contributed by atoms with E-state index in [1.165, 1.54) is 0 Å². The number of phenolic OH excluding ortho intramolecular Hbond substituents is 1. The van der Waals surface area contributed by atoms with E-state index in [4.69, 9.17) is 18.6 Å². The molecule has 1 aromatic heterocycles. The molecule has 238 valence electrons. The van der Waals surface area contributed by atoms with Gasteiger partial charge in [0.05, 0.1) is 0 Å². The van der Waals surface area contributed by atoms with Gasteiger partial charge in [0, 0.05) is 46.5 Å².